The largest absolute Gasteiger partial charge is 0.382 e. The van der Waals surface area contributed by atoms with Gasteiger partial charge in [-0.25, -0.2) is 0 Å². The first kappa shape index (κ1) is 10.5. The minimum Gasteiger partial charge on any atom is -0.382 e. The third-order valence-electron chi connectivity index (χ3n) is 2.66. The van der Waals surface area contributed by atoms with Crippen molar-refractivity contribution in [3.8, 4) is 0 Å². The highest BCUT2D eigenvalue weighted by atomic mass is 16.3. The van der Waals surface area contributed by atoms with Crippen molar-refractivity contribution in [2.75, 3.05) is 0 Å². The van der Waals surface area contributed by atoms with Crippen molar-refractivity contribution in [1.29, 1.82) is 0 Å². The monoisotopic (exact) mass is 182 g/mol. The lowest BCUT2D eigenvalue weighted by Crippen LogP contribution is -2.40. The molecule has 1 fully saturated rings. The standard InChI is InChI=1S/C11H18O2/c1-9(2)8-10(12)11(13)6-4-3-5-7-11/h13H,1,3-8H2,2H3. The molecule has 0 unspecified atom stereocenters. The van der Waals surface area contributed by atoms with E-state index in [2.05, 4.69) is 6.58 Å². The number of Topliss-reactive ketones (excluding diaryl/α,β-unsaturated/α-hetero) is 1. The summed E-state index contributed by atoms with van der Waals surface area (Å²) in [4.78, 5) is 11.6. The molecule has 1 saturated carbocycles. The molecule has 1 N–H and O–H groups in total. The molecule has 13 heavy (non-hydrogen) atoms. The third kappa shape index (κ3) is 2.66. The Hall–Kier alpha value is -0.630. The summed E-state index contributed by atoms with van der Waals surface area (Å²) in [5, 5.41) is 10.00. The van der Waals surface area contributed by atoms with Gasteiger partial charge in [-0.15, -0.1) is 0 Å². The number of aliphatic hydroxyl groups is 1. The highest BCUT2D eigenvalue weighted by Gasteiger charge is 2.35. The van der Waals surface area contributed by atoms with E-state index in [0.29, 0.717) is 19.3 Å². The van der Waals surface area contributed by atoms with Crippen LogP contribution < -0.4 is 0 Å². The molecule has 0 aromatic carbocycles. The van der Waals surface area contributed by atoms with Gasteiger partial charge in [0.25, 0.3) is 0 Å². The van der Waals surface area contributed by atoms with Crippen LogP contribution in [0.3, 0.4) is 0 Å². The molecule has 1 aliphatic rings. The van der Waals surface area contributed by atoms with Crippen LogP contribution in [-0.2, 0) is 4.79 Å². The Kier molecular flexibility index (Phi) is 3.26. The molecule has 0 saturated heterocycles. The molecular formula is C11H18O2. The minimum absolute atomic E-state index is 0.0419. The maximum Gasteiger partial charge on any atom is 0.168 e. The summed E-state index contributed by atoms with van der Waals surface area (Å²) >= 11 is 0. The van der Waals surface area contributed by atoms with E-state index in [9.17, 15) is 9.90 Å². The summed E-state index contributed by atoms with van der Waals surface area (Å²) in [5.74, 6) is -0.0419. The first-order valence-corrected chi connectivity index (χ1v) is 4.95. The second-order valence-electron chi connectivity index (χ2n) is 4.15. The molecule has 0 atom stereocenters. The Bertz CT molecular complexity index is 212. The maximum atomic E-state index is 11.6. The highest BCUT2D eigenvalue weighted by Crippen LogP contribution is 2.30. The number of allylic oxidation sites excluding steroid dienone is 1. The normalized spacial score (nSPS) is 21.1. The Morgan fingerprint density at radius 3 is 2.38 bits per heavy atom. The fourth-order valence-electron chi connectivity index (χ4n) is 1.85. The van der Waals surface area contributed by atoms with Crippen LogP contribution in [0.4, 0.5) is 0 Å². The van der Waals surface area contributed by atoms with E-state index >= 15 is 0 Å². The van der Waals surface area contributed by atoms with Crippen LogP contribution in [0.25, 0.3) is 0 Å². The fraction of sp³-hybridized carbons (Fsp3) is 0.727. The number of carbonyl (C=O) groups excluding carboxylic acids is 1. The molecule has 0 bridgehead atoms. The van der Waals surface area contributed by atoms with E-state index < -0.39 is 5.60 Å². The second kappa shape index (κ2) is 4.05. The van der Waals surface area contributed by atoms with Gasteiger partial charge in [0.05, 0.1) is 0 Å². The van der Waals surface area contributed by atoms with E-state index in [1.165, 1.54) is 0 Å². The average Bonchev–Trinajstić information content (AvgIpc) is 2.04. The van der Waals surface area contributed by atoms with Crippen LogP contribution in [0.2, 0.25) is 0 Å². The summed E-state index contributed by atoms with van der Waals surface area (Å²) in [6, 6.07) is 0. The van der Waals surface area contributed by atoms with Gasteiger partial charge in [-0.2, -0.15) is 0 Å². The zero-order valence-electron chi connectivity index (χ0n) is 8.31. The summed E-state index contributed by atoms with van der Waals surface area (Å²) in [7, 11) is 0. The number of hydrogen-bond acceptors (Lipinski definition) is 2. The molecule has 0 heterocycles. The van der Waals surface area contributed by atoms with E-state index in [1.54, 1.807) is 0 Å². The van der Waals surface area contributed by atoms with E-state index in [1.807, 2.05) is 6.92 Å². The fourth-order valence-corrected chi connectivity index (χ4v) is 1.85. The predicted molar refractivity (Wildman–Crippen MR) is 52.5 cm³/mol. The van der Waals surface area contributed by atoms with Gasteiger partial charge in [0.15, 0.2) is 5.78 Å². The third-order valence-corrected chi connectivity index (χ3v) is 2.66. The predicted octanol–water partition coefficient (Wildman–Crippen LogP) is 2.22. The van der Waals surface area contributed by atoms with Crippen molar-refractivity contribution in [2.24, 2.45) is 0 Å². The van der Waals surface area contributed by atoms with Crippen molar-refractivity contribution >= 4 is 5.78 Å². The smallest absolute Gasteiger partial charge is 0.168 e. The van der Waals surface area contributed by atoms with E-state index in [-0.39, 0.29) is 5.78 Å². The zero-order valence-corrected chi connectivity index (χ0v) is 8.31. The van der Waals surface area contributed by atoms with Gasteiger partial charge in [0, 0.05) is 6.42 Å². The Morgan fingerprint density at radius 1 is 1.38 bits per heavy atom. The lowest BCUT2D eigenvalue weighted by Gasteiger charge is -2.30. The summed E-state index contributed by atoms with van der Waals surface area (Å²) < 4.78 is 0. The average molecular weight is 182 g/mol. The molecule has 0 aromatic rings. The number of hydrogen-bond donors (Lipinski definition) is 1. The van der Waals surface area contributed by atoms with Gasteiger partial charge >= 0.3 is 0 Å². The van der Waals surface area contributed by atoms with Crippen molar-refractivity contribution in [3.05, 3.63) is 12.2 Å². The molecular weight excluding hydrogens is 164 g/mol. The molecule has 0 aliphatic heterocycles. The van der Waals surface area contributed by atoms with Gasteiger partial charge in [0.2, 0.25) is 0 Å². The number of rotatable bonds is 3. The quantitative estimate of drug-likeness (QED) is 0.679. The van der Waals surface area contributed by atoms with Gasteiger partial charge in [-0.3, -0.25) is 4.79 Å². The Balaban J connectivity index is 2.56. The molecule has 1 aliphatic carbocycles. The molecule has 0 spiro atoms. The van der Waals surface area contributed by atoms with Crippen LogP contribution in [0.15, 0.2) is 12.2 Å². The summed E-state index contributed by atoms with van der Waals surface area (Å²) in [5.41, 5.74) is -0.194. The Labute approximate surface area is 79.6 Å². The van der Waals surface area contributed by atoms with Crippen LogP contribution in [0.5, 0.6) is 0 Å². The minimum atomic E-state index is -1.03. The molecule has 1 rings (SSSR count). The zero-order chi connectivity index (χ0) is 9.90. The number of carbonyl (C=O) groups is 1. The molecule has 0 amide bonds. The molecule has 2 nitrogen and oxygen atoms in total. The van der Waals surface area contributed by atoms with Crippen molar-refractivity contribution in [1.82, 2.24) is 0 Å². The lowest BCUT2D eigenvalue weighted by atomic mass is 9.80. The highest BCUT2D eigenvalue weighted by molar-refractivity contribution is 5.88. The van der Waals surface area contributed by atoms with Gasteiger partial charge < -0.3 is 5.11 Å². The van der Waals surface area contributed by atoms with Gasteiger partial charge in [-0.1, -0.05) is 31.4 Å². The molecule has 0 aromatic heterocycles. The first-order chi connectivity index (χ1) is 6.04. The summed E-state index contributed by atoms with van der Waals surface area (Å²) in [6.45, 7) is 5.51. The SMILES string of the molecule is C=C(C)CC(=O)C1(O)CCCCC1. The van der Waals surface area contributed by atoms with Crippen LogP contribution in [-0.4, -0.2) is 16.5 Å². The summed E-state index contributed by atoms with van der Waals surface area (Å²) in [6.07, 6.45) is 4.69. The van der Waals surface area contributed by atoms with Crippen LogP contribution in [0.1, 0.15) is 45.4 Å². The molecule has 0 radical (unpaired) electrons. The van der Waals surface area contributed by atoms with Crippen molar-refractivity contribution < 1.29 is 9.90 Å². The topological polar surface area (TPSA) is 37.3 Å². The second-order valence-corrected chi connectivity index (χ2v) is 4.15. The molecule has 74 valence electrons. The van der Waals surface area contributed by atoms with Crippen molar-refractivity contribution in [2.45, 2.75) is 51.0 Å². The van der Waals surface area contributed by atoms with Crippen LogP contribution in [0, 0.1) is 0 Å². The lowest BCUT2D eigenvalue weighted by molar-refractivity contribution is -0.139. The van der Waals surface area contributed by atoms with Gasteiger partial charge in [0.1, 0.15) is 5.60 Å². The van der Waals surface area contributed by atoms with Crippen LogP contribution >= 0.6 is 0 Å². The van der Waals surface area contributed by atoms with Crippen molar-refractivity contribution in [3.63, 3.8) is 0 Å². The maximum absolute atomic E-state index is 11.6. The first-order valence-electron chi connectivity index (χ1n) is 4.95. The van der Waals surface area contributed by atoms with E-state index in [0.717, 1.165) is 24.8 Å². The van der Waals surface area contributed by atoms with Gasteiger partial charge in [-0.05, 0) is 19.8 Å². The van der Waals surface area contributed by atoms with E-state index in [4.69, 9.17) is 0 Å². The Morgan fingerprint density at radius 2 is 1.92 bits per heavy atom. The number of ketones is 1. The molecule has 2 heteroatoms.